The Morgan fingerprint density at radius 3 is 1.67 bits per heavy atom. The first-order valence-corrected chi connectivity index (χ1v) is 2.61. The summed E-state index contributed by atoms with van der Waals surface area (Å²) < 4.78 is 0. The molecule has 2 amide bonds. The summed E-state index contributed by atoms with van der Waals surface area (Å²) in [6.45, 7) is 1.92. The van der Waals surface area contributed by atoms with Crippen molar-refractivity contribution in [3.8, 4) is 0 Å². The van der Waals surface area contributed by atoms with Crippen LogP contribution in [0.4, 0.5) is 4.79 Å². The first-order valence-electron chi connectivity index (χ1n) is 2.61. The molecule has 1 heterocycles. The Kier molecular flexibility index (Phi) is 4.39. The fourth-order valence-electron chi connectivity index (χ4n) is 0.354. The van der Waals surface area contributed by atoms with E-state index in [1.54, 1.807) is 0 Å². The van der Waals surface area contributed by atoms with Gasteiger partial charge in [-0.05, 0) is 6.42 Å². The van der Waals surface area contributed by atoms with Gasteiger partial charge in [-0.15, -0.1) is 0 Å². The first-order chi connectivity index (χ1) is 4.23. The minimum Gasteiger partial charge on any atom is -0.352 e. The monoisotopic (exact) mass is 130 g/mol. The Morgan fingerprint density at radius 1 is 1.22 bits per heavy atom. The van der Waals surface area contributed by atoms with Crippen molar-refractivity contribution in [1.82, 2.24) is 0 Å². The second-order valence-electron chi connectivity index (χ2n) is 1.49. The summed E-state index contributed by atoms with van der Waals surface area (Å²) in [7, 11) is 0. The summed E-state index contributed by atoms with van der Waals surface area (Å²) in [6.07, 6.45) is 1.17. The quantitative estimate of drug-likeness (QED) is 0.469. The van der Waals surface area contributed by atoms with Crippen LogP contribution in [0.5, 0.6) is 0 Å². The number of amides is 2. The molecule has 4 N–H and O–H groups in total. The molecule has 1 aliphatic heterocycles. The summed E-state index contributed by atoms with van der Waals surface area (Å²) in [5.74, 6) is 0. The molecule has 5 heteroatoms. The van der Waals surface area contributed by atoms with Gasteiger partial charge in [0.15, 0.2) is 0 Å². The number of nitrogens with two attached hydrogens (primary N) is 2. The molecule has 0 aliphatic carbocycles. The van der Waals surface area contributed by atoms with E-state index < -0.39 is 6.03 Å². The number of hydrogen-bond donors (Lipinski definition) is 2. The lowest BCUT2D eigenvalue weighted by atomic mass is 10.5. The van der Waals surface area contributed by atoms with E-state index in [1.807, 2.05) is 0 Å². The number of hydrogen-bond acceptors (Lipinski definition) is 3. The van der Waals surface area contributed by atoms with Gasteiger partial charge in [-0.25, -0.2) is 4.79 Å². The van der Waals surface area contributed by atoms with Gasteiger partial charge in [0, 0.05) is 0 Å². The lowest BCUT2D eigenvalue weighted by Gasteiger charge is -1.63. The molecule has 52 valence electrons. The molecule has 0 aromatic carbocycles. The molecule has 0 radical (unpaired) electrons. The first kappa shape index (κ1) is 7.87. The molecular weight excluding hydrogens is 120 g/mol. The Bertz CT molecular complexity index is 101. The van der Waals surface area contributed by atoms with E-state index in [0.717, 1.165) is 13.1 Å². The van der Waals surface area contributed by atoms with Crippen LogP contribution in [0.15, 0.2) is 10.2 Å². The topological polar surface area (TPSA) is 93.8 Å². The maximum absolute atomic E-state index is 9.00. The Hall–Kier alpha value is -1.13. The van der Waals surface area contributed by atoms with Crippen LogP contribution < -0.4 is 11.5 Å². The number of primary amides is 2. The van der Waals surface area contributed by atoms with Gasteiger partial charge in [0.1, 0.15) is 0 Å². The molecule has 5 nitrogen and oxygen atoms in total. The zero-order valence-electron chi connectivity index (χ0n) is 5.08. The molecule has 0 unspecified atom stereocenters. The average molecular weight is 130 g/mol. The summed E-state index contributed by atoms with van der Waals surface area (Å²) >= 11 is 0. The third-order valence-electron chi connectivity index (χ3n) is 0.616. The average Bonchev–Trinajstić information content (AvgIpc) is 2.11. The maximum atomic E-state index is 9.00. The number of carbonyl (C=O) groups is 1. The zero-order chi connectivity index (χ0) is 7.11. The van der Waals surface area contributed by atoms with E-state index in [0.29, 0.717) is 0 Å². The van der Waals surface area contributed by atoms with E-state index in [-0.39, 0.29) is 0 Å². The SMILES string of the molecule is C1CN=NC1.NC(N)=O. The van der Waals surface area contributed by atoms with Gasteiger partial charge >= 0.3 is 6.03 Å². The van der Waals surface area contributed by atoms with E-state index in [2.05, 4.69) is 21.7 Å². The van der Waals surface area contributed by atoms with Gasteiger partial charge in [-0.3, -0.25) is 0 Å². The molecule has 0 saturated carbocycles. The van der Waals surface area contributed by atoms with Crippen LogP contribution in [-0.4, -0.2) is 19.1 Å². The van der Waals surface area contributed by atoms with Crippen LogP contribution in [0.3, 0.4) is 0 Å². The predicted molar refractivity (Wildman–Crippen MR) is 33.0 cm³/mol. The van der Waals surface area contributed by atoms with E-state index in [9.17, 15) is 0 Å². The third-order valence-corrected chi connectivity index (χ3v) is 0.616. The van der Waals surface area contributed by atoms with Gasteiger partial charge in [-0.2, -0.15) is 10.2 Å². The highest BCUT2D eigenvalue weighted by Gasteiger charge is 1.87. The summed E-state index contributed by atoms with van der Waals surface area (Å²) in [5, 5.41) is 7.42. The highest BCUT2D eigenvalue weighted by molar-refractivity contribution is 5.69. The molecule has 0 atom stereocenters. The normalized spacial score (nSPS) is 14.2. The number of rotatable bonds is 0. The van der Waals surface area contributed by atoms with Gasteiger partial charge in [0.25, 0.3) is 0 Å². The van der Waals surface area contributed by atoms with Gasteiger partial charge in [-0.1, -0.05) is 0 Å². The van der Waals surface area contributed by atoms with E-state index >= 15 is 0 Å². The molecule has 1 rings (SSSR count). The lowest BCUT2D eigenvalue weighted by Crippen LogP contribution is -2.18. The second-order valence-corrected chi connectivity index (χ2v) is 1.49. The van der Waals surface area contributed by atoms with Crippen molar-refractivity contribution in [1.29, 1.82) is 0 Å². The van der Waals surface area contributed by atoms with Gasteiger partial charge in [0.2, 0.25) is 0 Å². The molecule has 0 fully saturated rings. The third kappa shape index (κ3) is 10.9. The van der Waals surface area contributed by atoms with Gasteiger partial charge in [0.05, 0.1) is 13.1 Å². The molecule has 0 spiro atoms. The number of nitrogens with zero attached hydrogens (tertiary/aromatic N) is 2. The molecular formula is C4H10N4O. The van der Waals surface area contributed by atoms with Crippen molar-refractivity contribution < 1.29 is 4.79 Å². The lowest BCUT2D eigenvalue weighted by molar-refractivity contribution is 0.256. The molecule has 1 aliphatic rings. The highest BCUT2D eigenvalue weighted by Crippen LogP contribution is 1.91. The van der Waals surface area contributed by atoms with Crippen LogP contribution in [-0.2, 0) is 0 Å². The summed E-state index contributed by atoms with van der Waals surface area (Å²) in [5.41, 5.74) is 8.50. The van der Waals surface area contributed by atoms with Crippen LogP contribution in [0.25, 0.3) is 0 Å². The standard InChI is InChI=1S/C3H6N2.CH4N2O/c1-2-4-5-3-1;2-1(3)4/h1-3H2;(H4,2,3,4). The van der Waals surface area contributed by atoms with E-state index in [4.69, 9.17) is 4.79 Å². The highest BCUT2D eigenvalue weighted by atomic mass is 16.2. The smallest absolute Gasteiger partial charge is 0.309 e. The van der Waals surface area contributed by atoms with Crippen molar-refractivity contribution in [2.45, 2.75) is 6.42 Å². The summed E-state index contributed by atoms with van der Waals surface area (Å²) in [4.78, 5) is 9.00. The second kappa shape index (κ2) is 5.02. The Balaban J connectivity index is 0.000000148. The summed E-state index contributed by atoms with van der Waals surface area (Å²) in [6, 6.07) is -0.833. The molecule has 0 bridgehead atoms. The fourth-order valence-corrected chi connectivity index (χ4v) is 0.354. The van der Waals surface area contributed by atoms with E-state index in [1.165, 1.54) is 6.42 Å². The molecule has 9 heavy (non-hydrogen) atoms. The van der Waals surface area contributed by atoms with Crippen LogP contribution in [0.1, 0.15) is 6.42 Å². The number of azo groups is 1. The van der Waals surface area contributed by atoms with Crippen molar-refractivity contribution in [2.75, 3.05) is 13.1 Å². The van der Waals surface area contributed by atoms with Gasteiger partial charge < -0.3 is 11.5 Å². The number of urea groups is 1. The largest absolute Gasteiger partial charge is 0.352 e. The van der Waals surface area contributed by atoms with Crippen LogP contribution >= 0.6 is 0 Å². The molecule has 0 saturated heterocycles. The Morgan fingerprint density at radius 2 is 1.56 bits per heavy atom. The Labute approximate surface area is 53.1 Å². The zero-order valence-corrected chi connectivity index (χ0v) is 5.08. The van der Waals surface area contributed by atoms with Crippen molar-refractivity contribution >= 4 is 6.03 Å². The minimum absolute atomic E-state index is 0.833. The molecule has 0 aromatic heterocycles. The fraction of sp³-hybridized carbons (Fsp3) is 0.750. The molecule has 0 aromatic rings. The van der Waals surface area contributed by atoms with Crippen molar-refractivity contribution in [3.63, 3.8) is 0 Å². The van der Waals surface area contributed by atoms with Crippen molar-refractivity contribution in [2.24, 2.45) is 21.7 Å². The number of carbonyl (C=O) groups excluding carboxylic acids is 1. The maximum Gasteiger partial charge on any atom is 0.309 e. The predicted octanol–water partition coefficient (Wildman–Crippen LogP) is -0.134. The van der Waals surface area contributed by atoms with Crippen LogP contribution in [0.2, 0.25) is 0 Å². The van der Waals surface area contributed by atoms with Crippen LogP contribution in [0, 0.1) is 0 Å². The minimum atomic E-state index is -0.833. The van der Waals surface area contributed by atoms with Crippen molar-refractivity contribution in [3.05, 3.63) is 0 Å².